The molecule has 1 aromatic carbocycles. The van der Waals surface area contributed by atoms with E-state index in [9.17, 15) is 18.0 Å². The first-order valence-electron chi connectivity index (χ1n) is 7.08. The van der Waals surface area contributed by atoms with Crippen LogP contribution < -0.4 is 5.32 Å². The molecule has 0 radical (unpaired) electrons. The van der Waals surface area contributed by atoms with E-state index in [1.54, 1.807) is 0 Å². The second kappa shape index (κ2) is 6.47. The number of rotatable bonds is 5. The van der Waals surface area contributed by atoms with Gasteiger partial charge in [-0.2, -0.15) is 13.2 Å². The number of carbonyl (C=O) groups excluding carboxylic acids is 1. The molecule has 1 fully saturated rings. The van der Waals surface area contributed by atoms with E-state index in [1.165, 1.54) is 12.1 Å². The Morgan fingerprint density at radius 2 is 1.90 bits per heavy atom. The summed E-state index contributed by atoms with van der Waals surface area (Å²) in [5.74, 6) is -0.0249. The molecule has 2 rings (SSSR count). The maximum atomic E-state index is 12.5. The third-order valence-corrected chi connectivity index (χ3v) is 3.62. The molecule has 6 heteroatoms. The van der Waals surface area contributed by atoms with Gasteiger partial charge in [0.2, 0.25) is 5.91 Å². The Morgan fingerprint density at radius 3 is 2.33 bits per heavy atom. The standard InChI is InChI=1S/C15H19F3N2O/c1-2-7-20(13-9-19-10-13)14(21)8-11-3-5-12(6-4-11)15(16,17)18/h3-6,13,19H,2,7-10H2,1H3. The first-order valence-corrected chi connectivity index (χ1v) is 7.08. The molecule has 1 aliphatic heterocycles. The number of hydrogen-bond acceptors (Lipinski definition) is 2. The van der Waals surface area contributed by atoms with Crippen molar-refractivity contribution in [1.82, 2.24) is 10.2 Å². The van der Waals surface area contributed by atoms with E-state index in [2.05, 4.69) is 5.32 Å². The Labute approximate surface area is 122 Å². The summed E-state index contributed by atoms with van der Waals surface area (Å²) >= 11 is 0. The highest BCUT2D eigenvalue weighted by Crippen LogP contribution is 2.29. The van der Waals surface area contributed by atoms with Crippen molar-refractivity contribution >= 4 is 5.91 Å². The number of hydrogen-bond donors (Lipinski definition) is 1. The highest BCUT2D eigenvalue weighted by atomic mass is 19.4. The molecule has 0 aromatic heterocycles. The van der Waals surface area contributed by atoms with Crippen molar-refractivity contribution in [2.45, 2.75) is 32.0 Å². The predicted molar refractivity (Wildman–Crippen MR) is 73.8 cm³/mol. The molecule has 116 valence electrons. The lowest BCUT2D eigenvalue weighted by Crippen LogP contribution is -2.59. The van der Waals surface area contributed by atoms with Crippen molar-refractivity contribution in [3.8, 4) is 0 Å². The van der Waals surface area contributed by atoms with Crippen molar-refractivity contribution in [2.24, 2.45) is 0 Å². The van der Waals surface area contributed by atoms with Crippen LogP contribution in [0.1, 0.15) is 24.5 Å². The van der Waals surface area contributed by atoms with Crippen LogP contribution in [0, 0.1) is 0 Å². The Balaban J connectivity index is 2.00. The van der Waals surface area contributed by atoms with Gasteiger partial charge < -0.3 is 10.2 Å². The number of carbonyl (C=O) groups is 1. The van der Waals surface area contributed by atoms with Gasteiger partial charge in [-0.15, -0.1) is 0 Å². The van der Waals surface area contributed by atoms with Crippen molar-refractivity contribution in [3.05, 3.63) is 35.4 Å². The fourth-order valence-corrected chi connectivity index (χ4v) is 2.33. The minimum Gasteiger partial charge on any atom is -0.337 e. The summed E-state index contributed by atoms with van der Waals surface area (Å²) in [6, 6.07) is 5.02. The molecule has 1 N–H and O–H groups in total. The third-order valence-electron chi connectivity index (χ3n) is 3.62. The zero-order chi connectivity index (χ0) is 15.5. The summed E-state index contributed by atoms with van der Waals surface area (Å²) in [7, 11) is 0. The van der Waals surface area contributed by atoms with Crippen molar-refractivity contribution in [2.75, 3.05) is 19.6 Å². The first kappa shape index (κ1) is 15.8. The number of alkyl halides is 3. The lowest BCUT2D eigenvalue weighted by Gasteiger charge is -2.38. The lowest BCUT2D eigenvalue weighted by molar-refractivity contribution is -0.137. The SMILES string of the molecule is CCCN(C(=O)Cc1ccc(C(F)(F)F)cc1)C1CNC1. The first-order chi connectivity index (χ1) is 9.91. The van der Waals surface area contributed by atoms with Gasteiger partial charge in [0, 0.05) is 19.6 Å². The second-order valence-corrected chi connectivity index (χ2v) is 5.27. The Hall–Kier alpha value is -1.56. The smallest absolute Gasteiger partial charge is 0.337 e. The molecular formula is C15H19F3N2O. The molecule has 1 aliphatic rings. The summed E-state index contributed by atoms with van der Waals surface area (Å²) < 4.78 is 37.5. The zero-order valence-corrected chi connectivity index (χ0v) is 11.9. The van der Waals surface area contributed by atoms with E-state index in [0.29, 0.717) is 12.1 Å². The van der Waals surface area contributed by atoms with Gasteiger partial charge in [-0.05, 0) is 24.1 Å². The molecule has 0 unspecified atom stereocenters. The molecule has 0 atom stereocenters. The summed E-state index contributed by atoms with van der Waals surface area (Å²) in [5, 5.41) is 3.12. The molecule has 0 spiro atoms. The van der Waals surface area contributed by atoms with Gasteiger partial charge in [-0.1, -0.05) is 19.1 Å². The van der Waals surface area contributed by atoms with Crippen LogP contribution in [0.2, 0.25) is 0 Å². The number of halogens is 3. The molecule has 1 amide bonds. The van der Waals surface area contributed by atoms with E-state index in [0.717, 1.165) is 31.6 Å². The average Bonchev–Trinajstić information content (AvgIpc) is 2.35. The van der Waals surface area contributed by atoms with Crippen LogP contribution >= 0.6 is 0 Å². The number of benzene rings is 1. The van der Waals surface area contributed by atoms with E-state index in [4.69, 9.17) is 0 Å². The van der Waals surface area contributed by atoms with Gasteiger partial charge >= 0.3 is 6.18 Å². The topological polar surface area (TPSA) is 32.3 Å². The van der Waals surface area contributed by atoms with Crippen LogP contribution in [0.5, 0.6) is 0 Å². The summed E-state index contributed by atoms with van der Waals surface area (Å²) in [5.41, 5.74) is -0.0753. The molecule has 0 bridgehead atoms. The lowest BCUT2D eigenvalue weighted by atomic mass is 10.1. The van der Waals surface area contributed by atoms with E-state index < -0.39 is 11.7 Å². The molecule has 1 saturated heterocycles. The largest absolute Gasteiger partial charge is 0.416 e. The summed E-state index contributed by atoms with van der Waals surface area (Å²) in [6.45, 7) is 4.27. The Bertz CT molecular complexity index is 481. The molecular weight excluding hydrogens is 281 g/mol. The number of nitrogens with zero attached hydrogens (tertiary/aromatic N) is 1. The minimum atomic E-state index is -4.34. The van der Waals surface area contributed by atoms with Gasteiger partial charge in [0.25, 0.3) is 0 Å². The number of amides is 1. The molecule has 3 nitrogen and oxygen atoms in total. The third kappa shape index (κ3) is 3.97. The number of nitrogens with one attached hydrogen (secondary N) is 1. The molecule has 1 heterocycles. The van der Waals surface area contributed by atoms with Crippen LogP contribution in [0.25, 0.3) is 0 Å². The maximum Gasteiger partial charge on any atom is 0.416 e. The van der Waals surface area contributed by atoms with Crippen LogP contribution in [0.4, 0.5) is 13.2 Å². The van der Waals surface area contributed by atoms with Crippen LogP contribution in [0.3, 0.4) is 0 Å². The van der Waals surface area contributed by atoms with Crippen molar-refractivity contribution < 1.29 is 18.0 Å². The molecule has 21 heavy (non-hydrogen) atoms. The molecule has 0 aliphatic carbocycles. The van der Waals surface area contributed by atoms with Crippen molar-refractivity contribution in [1.29, 1.82) is 0 Å². The monoisotopic (exact) mass is 300 g/mol. The molecule has 1 aromatic rings. The summed E-state index contributed by atoms with van der Waals surface area (Å²) in [6.07, 6.45) is -3.32. The van der Waals surface area contributed by atoms with E-state index >= 15 is 0 Å². The van der Waals surface area contributed by atoms with Crippen LogP contribution in [-0.2, 0) is 17.4 Å². The Kier molecular flexibility index (Phi) is 4.88. The van der Waals surface area contributed by atoms with Gasteiger partial charge in [0.15, 0.2) is 0 Å². The van der Waals surface area contributed by atoms with Gasteiger partial charge in [-0.3, -0.25) is 4.79 Å². The van der Waals surface area contributed by atoms with Crippen molar-refractivity contribution in [3.63, 3.8) is 0 Å². The highest BCUT2D eigenvalue weighted by Gasteiger charge is 2.30. The normalized spacial score (nSPS) is 15.6. The van der Waals surface area contributed by atoms with E-state index in [-0.39, 0.29) is 18.4 Å². The van der Waals surface area contributed by atoms with Gasteiger partial charge in [0.1, 0.15) is 0 Å². The summed E-state index contributed by atoms with van der Waals surface area (Å²) in [4.78, 5) is 14.1. The predicted octanol–water partition coefficient (Wildman–Crippen LogP) is 2.46. The average molecular weight is 300 g/mol. The highest BCUT2D eigenvalue weighted by molar-refractivity contribution is 5.79. The second-order valence-electron chi connectivity index (χ2n) is 5.27. The fourth-order valence-electron chi connectivity index (χ4n) is 2.33. The quantitative estimate of drug-likeness (QED) is 0.906. The fraction of sp³-hybridized carbons (Fsp3) is 0.533. The maximum absolute atomic E-state index is 12.5. The zero-order valence-electron chi connectivity index (χ0n) is 11.9. The van der Waals surface area contributed by atoms with Gasteiger partial charge in [-0.25, -0.2) is 0 Å². The van der Waals surface area contributed by atoms with Crippen LogP contribution in [0.15, 0.2) is 24.3 Å². The minimum absolute atomic E-state index is 0.0249. The Morgan fingerprint density at radius 1 is 1.29 bits per heavy atom. The van der Waals surface area contributed by atoms with Gasteiger partial charge in [0.05, 0.1) is 18.0 Å². The van der Waals surface area contributed by atoms with Crippen LogP contribution in [-0.4, -0.2) is 36.5 Å². The van der Waals surface area contributed by atoms with E-state index in [1.807, 2.05) is 11.8 Å². The molecule has 0 saturated carbocycles.